The van der Waals surface area contributed by atoms with E-state index in [1.807, 2.05) is 27.1 Å². The van der Waals surface area contributed by atoms with E-state index in [2.05, 4.69) is 26.7 Å². The number of ether oxygens (including phenoxy) is 1. The molecule has 0 bridgehead atoms. The van der Waals surface area contributed by atoms with E-state index in [1.165, 1.54) is 11.3 Å². The van der Waals surface area contributed by atoms with Gasteiger partial charge in [0.1, 0.15) is 5.76 Å². The van der Waals surface area contributed by atoms with Gasteiger partial charge in [-0.2, -0.15) is 0 Å². The summed E-state index contributed by atoms with van der Waals surface area (Å²) in [5, 5.41) is 4.05. The molecule has 3 rings (SSSR count). The van der Waals surface area contributed by atoms with Crippen molar-refractivity contribution >= 4 is 0 Å². The van der Waals surface area contributed by atoms with Crippen molar-refractivity contribution in [1.29, 1.82) is 0 Å². The molecule has 0 N–H and O–H groups in total. The predicted octanol–water partition coefficient (Wildman–Crippen LogP) is 2.16. The van der Waals surface area contributed by atoms with Gasteiger partial charge in [0.2, 0.25) is 0 Å². The van der Waals surface area contributed by atoms with Gasteiger partial charge in [-0.05, 0) is 20.8 Å². The van der Waals surface area contributed by atoms with E-state index < -0.39 is 0 Å². The molecule has 0 aliphatic carbocycles. The first-order chi connectivity index (χ1) is 10.6. The average Bonchev–Trinajstić information content (AvgIpc) is 3.02. The van der Waals surface area contributed by atoms with Crippen LogP contribution in [0.15, 0.2) is 10.9 Å². The molecule has 6 nitrogen and oxygen atoms in total. The normalized spacial score (nSPS) is 18.6. The lowest BCUT2D eigenvalue weighted by molar-refractivity contribution is 0.102. The zero-order valence-corrected chi connectivity index (χ0v) is 13.8. The summed E-state index contributed by atoms with van der Waals surface area (Å²) in [6.07, 6.45) is 1.91. The Morgan fingerprint density at radius 1 is 1.41 bits per heavy atom. The average molecular weight is 304 g/mol. The second-order valence-electron chi connectivity index (χ2n) is 6.02. The van der Waals surface area contributed by atoms with Gasteiger partial charge in [0.15, 0.2) is 0 Å². The van der Waals surface area contributed by atoms with E-state index in [-0.39, 0.29) is 0 Å². The van der Waals surface area contributed by atoms with Gasteiger partial charge in [-0.1, -0.05) is 5.16 Å². The summed E-state index contributed by atoms with van der Waals surface area (Å²) in [5.74, 6) is 1.27. The number of aryl methyl sites for hydroxylation is 3. The van der Waals surface area contributed by atoms with Crippen LogP contribution in [0.2, 0.25) is 0 Å². The fourth-order valence-electron chi connectivity index (χ4n) is 3.27. The molecule has 3 heterocycles. The molecular weight excluding hydrogens is 280 g/mol. The summed E-state index contributed by atoms with van der Waals surface area (Å²) in [4.78, 5) is 6.97. The fourth-order valence-corrected chi connectivity index (χ4v) is 3.27. The van der Waals surface area contributed by atoms with Crippen molar-refractivity contribution in [1.82, 2.24) is 19.6 Å². The van der Waals surface area contributed by atoms with E-state index in [0.29, 0.717) is 5.92 Å². The summed E-state index contributed by atoms with van der Waals surface area (Å²) in [5.41, 5.74) is 4.63. The Labute approximate surface area is 131 Å². The van der Waals surface area contributed by atoms with Gasteiger partial charge in [-0.15, -0.1) is 0 Å². The third kappa shape index (κ3) is 2.80. The lowest BCUT2D eigenvalue weighted by Gasteiger charge is -2.32. The maximum Gasteiger partial charge on any atom is 0.138 e. The van der Waals surface area contributed by atoms with E-state index in [1.54, 1.807) is 0 Å². The fraction of sp³-hybridized carbons (Fsp3) is 0.625. The molecule has 0 amide bonds. The summed E-state index contributed by atoms with van der Waals surface area (Å²) in [6.45, 7) is 10.2. The Morgan fingerprint density at radius 2 is 2.23 bits per heavy atom. The van der Waals surface area contributed by atoms with Gasteiger partial charge < -0.3 is 13.8 Å². The molecule has 0 saturated heterocycles. The largest absolute Gasteiger partial charge is 0.381 e. The number of hydrogen-bond donors (Lipinski definition) is 0. The Balaban J connectivity index is 1.81. The standard InChI is InChI=1S/C16H24N4O2/c1-5-21-9-13-6-20(7-14-11(2)18-22-12(14)3)8-15-16(13)19(4)10-17-15/h10,13H,5-9H2,1-4H3/t13-/m0/s1. The van der Waals surface area contributed by atoms with Crippen LogP contribution >= 0.6 is 0 Å². The lowest BCUT2D eigenvalue weighted by Crippen LogP contribution is -2.36. The molecule has 1 aliphatic rings. The maximum absolute atomic E-state index is 5.69. The minimum atomic E-state index is 0.358. The van der Waals surface area contributed by atoms with Crippen LogP contribution in [0.4, 0.5) is 0 Å². The van der Waals surface area contributed by atoms with Crippen LogP contribution in [0.5, 0.6) is 0 Å². The maximum atomic E-state index is 5.69. The SMILES string of the molecule is CCOC[C@@H]1CN(Cc2c(C)noc2C)Cc2ncn(C)c21. The van der Waals surface area contributed by atoms with E-state index in [4.69, 9.17) is 9.26 Å². The van der Waals surface area contributed by atoms with Crippen LogP contribution in [0.1, 0.15) is 41.2 Å². The number of fused-ring (bicyclic) bond motifs is 1. The van der Waals surface area contributed by atoms with Crippen molar-refractivity contribution in [3.05, 3.63) is 34.7 Å². The first kappa shape index (κ1) is 15.2. The Bertz CT molecular complexity index is 627. The van der Waals surface area contributed by atoms with Crippen LogP contribution < -0.4 is 0 Å². The molecule has 2 aromatic rings. The minimum absolute atomic E-state index is 0.358. The molecule has 1 atom stereocenters. The highest BCUT2D eigenvalue weighted by molar-refractivity contribution is 5.24. The van der Waals surface area contributed by atoms with Crippen molar-refractivity contribution in [3.8, 4) is 0 Å². The van der Waals surface area contributed by atoms with Gasteiger partial charge in [0.05, 0.1) is 24.3 Å². The number of rotatable bonds is 5. The highest BCUT2D eigenvalue weighted by atomic mass is 16.5. The summed E-state index contributed by atoms with van der Waals surface area (Å²) >= 11 is 0. The topological polar surface area (TPSA) is 56.3 Å². The lowest BCUT2D eigenvalue weighted by atomic mass is 9.98. The zero-order valence-electron chi connectivity index (χ0n) is 13.8. The van der Waals surface area contributed by atoms with Crippen LogP contribution in [-0.4, -0.2) is 39.4 Å². The van der Waals surface area contributed by atoms with Crippen LogP contribution in [0, 0.1) is 13.8 Å². The Kier molecular flexibility index (Phi) is 4.31. The van der Waals surface area contributed by atoms with Gasteiger partial charge in [-0.25, -0.2) is 4.98 Å². The quantitative estimate of drug-likeness (QED) is 0.847. The van der Waals surface area contributed by atoms with Gasteiger partial charge in [0.25, 0.3) is 0 Å². The van der Waals surface area contributed by atoms with Crippen LogP contribution in [0.25, 0.3) is 0 Å². The third-order valence-corrected chi connectivity index (χ3v) is 4.39. The predicted molar refractivity (Wildman–Crippen MR) is 82.5 cm³/mol. The van der Waals surface area contributed by atoms with Crippen molar-refractivity contribution in [2.24, 2.45) is 7.05 Å². The number of imidazole rings is 1. The summed E-state index contributed by atoms with van der Waals surface area (Å²) < 4.78 is 13.1. The molecule has 0 spiro atoms. The van der Waals surface area contributed by atoms with Gasteiger partial charge in [0, 0.05) is 50.5 Å². The second-order valence-corrected chi connectivity index (χ2v) is 6.02. The molecule has 22 heavy (non-hydrogen) atoms. The van der Waals surface area contributed by atoms with E-state index in [9.17, 15) is 0 Å². The Morgan fingerprint density at radius 3 is 2.91 bits per heavy atom. The molecule has 6 heteroatoms. The smallest absolute Gasteiger partial charge is 0.138 e. The number of nitrogens with zero attached hydrogens (tertiary/aromatic N) is 4. The summed E-state index contributed by atoms with van der Waals surface area (Å²) in [7, 11) is 2.06. The molecule has 0 fully saturated rings. The molecule has 120 valence electrons. The highest BCUT2D eigenvalue weighted by Gasteiger charge is 2.29. The highest BCUT2D eigenvalue weighted by Crippen LogP contribution is 2.29. The third-order valence-electron chi connectivity index (χ3n) is 4.39. The minimum Gasteiger partial charge on any atom is -0.381 e. The van der Waals surface area contributed by atoms with E-state index in [0.717, 1.165) is 50.0 Å². The number of hydrogen-bond acceptors (Lipinski definition) is 5. The van der Waals surface area contributed by atoms with Crippen molar-refractivity contribution in [3.63, 3.8) is 0 Å². The van der Waals surface area contributed by atoms with Crippen molar-refractivity contribution in [2.75, 3.05) is 19.8 Å². The van der Waals surface area contributed by atoms with Crippen LogP contribution in [0.3, 0.4) is 0 Å². The van der Waals surface area contributed by atoms with Crippen molar-refractivity contribution < 1.29 is 9.26 Å². The number of aromatic nitrogens is 3. The summed E-state index contributed by atoms with van der Waals surface area (Å²) in [6, 6.07) is 0. The molecular formula is C16H24N4O2. The molecule has 0 aromatic carbocycles. The van der Waals surface area contributed by atoms with Crippen LogP contribution in [-0.2, 0) is 24.9 Å². The molecule has 2 aromatic heterocycles. The van der Waals surface area contributed by atoms with Gasteiger partial charge >= 0.3 is 0 Å². The van der Waals surface area contributed by atoms with E-state index >= 15 is 0 Å². The first-order valence-corrected chi connectivity index (χ1v) is 7.82. The monoisotopic (exact) mass is 304 g/mol. The molecule has 0 radical (unpaired) electrons. The van der Waals surface area contributed by atoms with Gasteiger partial charge in [-0.3, -0.25) is 4.90 Å². The molecule has 1 aliphatic heterocycles. The molecule has 0 saturated carbocycles. The van der Waals surface area contributed by atoms with Crippen molar-refractivity contribution in [2.45, 2.75) is 39.8 Å². The Hall–Kier alpha value is -1.66. The zero-order chi connectivity index (χ0) is 15.7. The first-order valence-electron chi connectivity index (χ1n) is 7.82. The second kappa shape index (κ2) is 6.22. The molecule has 0 unspecified atom stereocenters.